The van der Waals surface area contributed by atoms with E-state index in [0.29, 0.717) is 23.7 Å². The first-order chi connectivity index (χ1) is 11.8. The summed E-state index contributed by atoms with van der Waals surface area (Å²) in [7, 11) is -3.76. The van der Waals surface area contributed by atoms with Crippen molar-refractivity contribution in [1.82, 2.24) is 5.32 Å². The fourth-order valence-electron chi connectivity index (χ4n) is 2.27. The van der Waals surface area contributed by atoms with E-state index in [-0.39, 0.29) is 10.8 Å². The van der Waals surface area contributed by atoms with Crippen LogP contribution in [0.1, 0.15) is 36.2 Å². The SMILES string of the molecule is Cc1ccccc1NS(=O)(=O)c1cccc(C(=O)NCCC(C)C)c1. The van der Waals surface area contributed by atoms with Gasteiger partial charge in [0.1, 0.15) is 0 Å². The van der Waals surface area contributed by atoms with Crippen LogP contribution in [0.2, 0.25) is 0 Å². The van der Waals surface area contributed by atoms with Gasteiger partial charge in [-0.2, -0.15) is 0 Å². The Labute approximate surface area is 149 Å². The van der Waals surface area contributed by atoms with Gasteiger partial charge < -0.3 is 5.32 Å². The lowest BCUT2D eigenvalue weighted by Crippen LogP contribution is -2.25. The number of aryl methyl sites for hydroxylation is 1. The van der Waals surface area contributed by atoms with Crippen LogP contribution in [0, 0.1) is 12.8 Å². The van der Waals surface area contributed by atoms with E-state index in [1.54, 1.807) is 24.3 Å². The molecule has 2 aromatic rings. The number of rotatable bonds is 7. The van der Waals surface area contributed by atoms with Crippen LogP contribution in [0.25, 0.3) is 0 Å². The van der Waals surface area contributed by atoms with Crippen LogP contribution in [0.4, 0.5) is 5.69 Å². The van der Waals surface area contributed by atoms with Gasteiger partial charge in [-0.25, -0.2) is 8.42 Å². The molecule has 0 heterocycles. The summed E-state index contributed by atoms with van der Waals surface area (Å²) in [6.07, 6.45) is 0.874. The molecule has 0 aromatic heterocycles. The van der Waals surface area contributed by atoms with Gasteiger partial charge in [0.25, 0.3) is 15.9 Å². The summed E-state index contributed by atoms with van der Waals surface area (Å²) in [4.78, 5) is 12.3. The molecular weight excluding hydrogens is 336 g/mol. The molecule has 5 nitrogen and oxygen atoms in total. The third-order valence-electron chi connectivity index (χ3n) is 3.80. The summed E-state index contributed by atoms with van der Waals surface area (Å²) < 4.78 is 27.7. The van der Waals surface area contributed by atoms with Crippen molar-refractivity contribution in [2.75, 3.05) is 11.3 Å². The number of anilines is 1. The molecule has 0 aliphatic carbocycles. The third kappa shape index (κ3) is 5.32. The molecule has 0 radical (unpaired) electrons. The number of amides is 1. The van der Waals surface area contributed by atoms with Crippen LogP contribution in [-0.2, 0) is 10.0 Å². The van der Waals surface area contributed by atoms with Crippen molar-refractivity contribution >= 4 is 21.6 Å². The third-order valence-corrected chi connectivity index (χ3v) is 5.17. The maximum absolute atomic E-state index is 12.6. The summed E-state index contributed by atoms with van der Waals surface area (Å²) in [5.41, 5.74) is 1.68. The van der Waals surface area contributed by atoms with E-state index in [0.717, 1.165) is 12.0 Å². The van der Waals surface area contributed by atoms with Gasteiger partial charge in [0.05, 0.1) is 10.6 Å². The summed E-state index contributed by atoms with van der Waals surface area (Å²) >= 11 is 0. The first kappa shape index (κ1) is 19.0. The molecule has 0 saturated heterocycles. The second-order valence-electron chi connectivity index (χ2n) is 6.39. The summed E-state index contributed by atoms with van der Waals surface area (Å²) in [6.45, 7) is 6.55. The van der Waals surface area contributed by atoms with E-state index >= 15 is 0 Å². The van der Waals surface area contributed by atoms with Gasteiger partial charge in [-0.1, -0.05) is 38.1 Å². The number of carbonyl (C=O) groups excluding carboxylic acids is 1. The highest BCUT2D eigenvalue weighted by Gasteiger charge is 2.17. The predicted molar refractivity (Wildman–Crippen MR) is 100 cm³/mol. The van der Waals surface area contributed by atoms with Crippen LogP contribution in [0.15, 0.2) is 53.4 Å². The van der Waals surface area contributed by atoms with Gasteiger partial charge >= 0.3 is 0 Å². The summed E-state index contributed by atoms with van der Waals surface area (Å²) in [5, 5.41) is 2.81. The maximum atomic E-state index is 12.6. The number of nitrogens with one attached hydrogen (secondary N) is 2. The molecule has 2 N–H and O–H groups in total. The van der Waals surface area contributed by atoms with Crippen LogP contribution >= 0.6 is 0 Å². The minimum Gasteiger partial charge on any atom is -0.352 e. The Balaban J connectivity index is 2.17. The molecule has 0 aliphatic heterocycles. The van der Waals surface area contributed by atoms with Crippen molar-refractivity contribution in [2.45, 2.75) is 32.1 Å². The van der Waals surface area contributed by atoms with Crippen molar-refractivity contribution in [2.24, 2.45) is 5.92 Å². The highest BCUT2D eigenvalue weighted by molar-refractivity contribution is 7.92. The first-order valence-electron chi connectivity index (χ1n) is 8.26. The Morgan fingerprint density at radius 1 is 1.08 bits per heavy atom. The number of sulfonamides is 1. The average molecular weight is 360 g/mol. The van der Waals surface area contributed by atoms with Gasteiger partial charge in [0.2, 0.25) is 0 Å². The molecule has 0 spiro atoms. The van der Waals surface area contributed by atoms with Gasteiger partial charge in [-0.3, -0.25) is 9.52 Å². The van der Waals surface area contributed by atoms with Crippen molar-refractivity contribution in [3.05, 3.63) is 59.7 Å². The summed E-state index contributed by atoms with van der Waals surface area (Å²) in [5.74, 6) is 0.221. The quantitative estimate of drug-likeness (QED) is 0.792. The molecule has 0 unspecified atom stereocenters. The molecule has 6 heteroatoms. The molecule has 2 rings (SSSR count). The normalized spacial score (nSPS) is 11.4. The van der Waals surface area contributed by atoms with Gasteiger partial charge in [-0.05, 0) is 49.1 Å². The number of hydrogen-bond donors (Lipinski definition) is 2. The minimum atomic E-state index is -3.76. The Morgan fingerprint density at radius 3 is 2.48 bits per heavy atom. The predicted octanol–water partition coefficient (Wildman–Crippen LogP) is 3.57. The lowest BCUT2D eigenvalue weighted by atomic mass is 10.1. The van der Waals surface area contributed by atoms with E-state index in [1.807, 2.05) is 19.1 Å². The minimum absolute atomic E-state index is 0.0623. The van der Waals surface area contributed by atoms with Crippen LogP contribution in [0.5, 0.6) is 0 Å². The van der Waals surface area contributed by atoms with Crippen molar-refractivity contribution in [1.29, 1.82) is 0 Å². The van der Waals surface area contributed by atoms with Crippen molar-refractivity contribution < 1.29 is 13.2 Å². The fourth-order valence-corrected chi connectivity index (χ4v) is 3.45. The second-order valence-corrected chi connectivity index (χ2v) is 8.07. The second kappa shape index (κ2) is 8.16. The molecule has 0 aliphatic rings. The smallest absolute Gasteiger partial charge is 0.261 e. The van der Waals surface area contributed by atoms with E-state index < -0.39 is 10.0 Å². The van der Waals surface area contributed by atoms with Crippen molar-refractivity contribution in [3.8, 4) is 0 Å². The Morgan fingerprint density at radius 2 is 1.80 bits per heavy atom. The van der Waals surface area contributed by atoms with Gasteiger partial charge in [0.15, 0.2) is 0 Å². The highest BCUT2D eigenvalue weighted by atomic mass is 32.2. The average Bonchev–Trinajstić information content (AvgIpc) is 2.56. The molecule has 1 amide bonds. The van der Waals surface area contributed by atoms with Crippen LogP contribution in [-0.4, -0.2) is 20.9 Å². The Hall–Kier alpha value is -2.34. The van der Waals surface area contributed by atoms with Crippen molar-refractivity contribution in [3.63, 3.8) is 0 Å². The standard InChI is InChI=1S/C19H24N2O3S/c1-14(2)11-12-20-19(22)16-8-6-9-17(13-16)25(23,24)21-18-10-5-4-7-15(18)3/h4-10,13-14,21H,11-12H2,1-3H3,(H,20,22). The number of para-hydroxylation sites is 1. The van der Waals surface area contributed by atoms with Crippen LogP contribution < -0.4 is 10.0 Å². The molecule has 0 fully saturated rings. The summed E-state index contributed by atoms with van der Waals surface area (Å²) in [6, 6.07) is 13.2. The van der Waals surface area contributed by atoms with E-state index in [4.69, 9.17) is 0 Å². The first-order valence-corrected chi connectivity index (χ1v) is 9.74. The maximum Gasteiger partial charge on any atom is 0.261 e. The number of benzene rings is 2. The Bertz CT molecular complexity index is 845. The molecule has 134 valence electrons. The zero-order valence-corrected chi connectivity index (χ0v) is 15.6. The molecule has 0 atom stereocenters. The fraction of sp³-hybridized carbons (Fsp3) is 0.316. The van der Waals surface area contributed by atoms with E-state index in [9.17, 15) is 13.2 Å². The highest BCUT2D eigenvalue weighted by Crippen LogP contribution is 2.20. The van der Waals surface area contributed by atoms with E-state index in [1.165, 1.54) is 12.1 Å². The van der Waals surface area contributed by atoms with Crippen LogP contribution in [0.3, 0.4) is 0 Å². The largest absolute Gasteiger partial charge is 0.352 e. The monoisotopic (exact) mass is 360 g/mol. The lowest BCUT2D eigenvalue weighted by molar-refractivity contribution is 0.0952. The van der Waals surface area contributed by atoms with E-state index in [2.05, 4.69) is 23.9 Å². The molecule has 0 bridgehead atoms. The molecule has 0 saturated carbocycles. The Kier molecular flexibility index (Phi) is 6.20. The zero-order chi connectivity index (χ0) is 18.4. The number of hydrogen-bond acceptors (Lipinski definition) is 3. The molecule has 25 heavy (non-hydrogen) atoms. The topological polar surface area (TPSA) is 75.3 Å². The molecule has 2 aromatic carbocycles. The molecular formula is C19H24N2O3S. The number of carbonyl (C=O) groups is 1. The lowest BCUT2D eigenvalue weighted by Gasteiger charge is -2.12. The zero-order valence-electron chi connectivity index (χ0n) is 14.7. The van der Waals surface area contributed by atoms with Gasteiger partial charge in [0, 0.05) is 12.1 Å². The van der Waals surface area contributed by atoms with Gasteiger partial charge in [-0.15, -0.1) is 0 Å².